The Hall–Kier alpha value is -3.08. The monoisotopic (exact) mass is 498 g/mol. The van der Waals surface area contributed by atoms with Gasteiger partial charge in [0.2, 0.25) is 5.91 Å². The summed E-state index contributed by atoms with van der Waals surface area (Å²) in [6.07, 6.45) is 1.98. The molecular formula is C23H19FN4O2S3. The molecular weight excluding hydrogens is 479 g/mol. The SMILES string of the molecule is CSc1cccc(NC(=O)Nc2ccc3nc(SCC(=O)Nc4ccc(F)cc4)sc3c2)c1. The lowest BCUT2D eigenvalue weighted by molar-refractivity contribution is -0.113. The van der Waals surface area contributed by atoms with Gasteiger partial charge in [0, 0.05) is 22.0 Å². The van der Waals surface area contributed by atoms with E-state index in [-0.39, 0.29) is 23.5 Å². The van der Waals surface area contributed by atoms with Crippen LogP contribution in [0.4, 0.5) is 26.2 Å². The fourth-order valence-corrected chi connectivity index (χ4v) is 5.26. The Labute approximate surface area is 202 Å². The minimum Gasteiger partial charge on any atom is -0.325 e. The summed E-state index contributed by atoms with van der Waals surface area (Å²) in [6, 6.07) is 18.4. The minimum atomic E-state index is -0.354. The van der Waals surface area contributed by atoms with Gasteiger partial charge in [-0.2, -0.15) is 0 Å². The van der Waals surface area contributed by atoms with E-state index in [1.54, 1.807) is 17.8 Å². The van der Waals surface area contributed by atoms with Crippen LogP contribution in [0.1, 0.15) is 0 Å². The maximum atomic E-state index is 13.0. The summed E-state index contributed by atoms with van der Waals surface area (Å²) in [4.78, 5) is 30.1. The smallest absolute Gasteiger partial charge is 0.323 e. The van der Waals surface area contributed by atoms with Gasteiger partial charge in [0.1, 0.15) is 5.82 Å². The van der Waals surface area contributed by atoms with Crippen molar-refractivity contribution in [3.8, 4) is 0 Å². The average Bonchev–Trinajstić information content (AvgIpc) is 3.21. The quantitative estimate of drug-likeness (QED) is 0.252. The highest BCUT2D eigenvalue weighted by Crippen LogP contribution is 2.31. The highest BCUT2D eigenvalue weighted by molar-refractivity contribution is 8.01. The van der Waals surface area contributed by atoms with Gasteiger partial charge in [-0.1, -0.05) is 17.8 Å². The zero-order valence-electron chi connectivity index (χ0n) is 17.4. The van der Waals surface area contributed by atoms with Crippen molar-refractivity contribution in [2.24, 2.45) is 0 Å². The van der Waals surface area contributed by atoms with Crippen LogP contribution in [0.2, 0.25) is 0 Å². The van der Waals surface area contributed by atoms with Crippen molar-refractivity contribution in [1.82, 2.24) is 4.98 Å². The molecule has 0 unspecified atom stereocenters. The first-order chi connectivity index (χ1) is 16.0. The summed E-state index contributed by atoms with van der Waals surface area (Å²) in [5.41, 5.74) is 2.70. The molecule has 3 N–H and O–H groups in total. The Balaban J connectivity index is 1.34. The number of hydrogen-bond donors (Lipinski definition) is 3. The van der Waals surface area contributed by atoms with Crippen molar-refractivity contribution in [2.75, 3.05) is 28.0 Å². The molecule has 6 nitrogen and oxygen atoms in total. The summed E-state index contributed by atoms with van der Waals surface area (Å²) < 4.78 is 14.6. The van der Waals surface area contributed by atoms with Crippen LogP contribution in [0.25, 0.3) is 10.2 Å². The Morgan fingerprint density at radius 1 is 0.939 bits per heavy atom. The number of rotatable bonds is 7. The van der Waals surface area contributed by atoms with E-state index in [0.29, 0.717) is 11.4 Å². The van der Waals surface area contributed by atoms with Gasteiger partial charge in [0.05, 0.1) is 16.0 Å². The number of amides is 3. The molecule has 1 aromatic heterocycles. The van der Waals surface area contributed by atoms with E-state index in [1.807, 2.05) is 42.7 Å². The molecule has 0 fully saturated rings. The fraction of sp³-hybridized carbons (Fsp3) is 0.0870. The average molecular weight is 499 g/mol. The highest BCUT2D eigenvalue weighted by atomic mass is 32.2. The molecule has 168 valence electrons. The van der Waals surface area contributed by atoms with Crippen molar-refractivity contribution >= 4 is 74.1 Å². The molecule has 1 heterocycles. The number of nitrogens with zero attached hydrogens (tertiary/aromatic N) is 1. The number of anilines is 3. The number of nitrogens with one attached hydrogen (secondary N) is 3. The van der Waals surface area contributed by atoms with E-state index in [0.717, 1.165) is 25.1 Å². The van der Waals surface area contributed by atoms with Gasteiger partial charge in [0.15, 0.2) is 4.34 Å². The number of fused-ring (bicyclic) bond motifs is 1. The number of urea groups is 1. The van der Waals surface area contributed by atoms with E-state index in [1.165, 1.54) is 47.4 Å². The number of hydrogen-bond acceptors (Lipinski definition) is 6. The maximum absolute atomic E-state index is 13.0. The Morgan fingerprint density at radius 3 is 2.42 bits per heavy atom. The molecule has 0 aliphatic heterocycles. The van der Waals surface area contributed by atoms with Gasteiger partial charge in [-0.3, -0.25) is 4.79 Å². The predicted molar refractivity (Wildman–Crippen MR) is 136 cm³/mol. The highest BCUT2D eigenvalue weighted by Gasteiger charge is 2.10. The van der Waals surface area contributed by atoms with Crippen molar-refractivity contribution in [3.63, 3.8) is 0 Å². The first-order valence-electron chi connectivity index (χ1n) is 9.79. The fourth-order valence-electron chi connectivity index (χ4n) is 2.89. The Morgan fingerprint density at radius 2 is 1.67 bits per heavy atom. The van der Waals surface area contributed by atoms with E-state index < -0.39 is 0 Å². The molecule has 0 saturated carbocycles. The second kappa shape index (κ2) is 10.7. The number of halogens is 1. The lowest BCUT2D eigenvalue weighted by Crippen LogP contribution is -2.19. The zero-order chi connectivity index (χ0) is 23.2. The summed E-state index contributed by atoms with van der Waals surface area (Å²) >= 11 is 4.37. The summed E-state index contributed by atoms with van der Waals surface area (Å²) in [7, 11) is 0. The van der Waals surface area contributed by atoms with Gasteiger partial charge >= 0.3 is 6.03 Å². The first kappa shape index (κ1) is 23.1. The second-order valence-corrected chi connectivity index (χ2v) is 9.95. The molecule has 4 aromatic rings. The normalized spacial score (nSPS) is 10.7. The van der Waals surface area contributed by atoms with Crippen LogP contribution in [-0.4, -0.2) is 28.9 Å². The van der Waals surface area contributed by atoms with Crippen molar-refractivity contribution in [2.45, 2.75) is 9.24 Å². The molecule has 0 atom stereocenters. The molecule has 3 amide bonds. The number of thiazole rings is 1. The third-order valence-corrected chi connectivity index (χ3v) is 7.30. The van der Waals surface area contributed by atoms with Crippen LogP contribution >= 0.6 is 34.9 Å². The van der Waals surface area contributed by atoms with Gasteiger partial charge in [-0.15, -0.1) is 23.1 Å². The van der Waals surface area contributed by atoms with Crippen LogP contribution < -0.4 is 16.0 Å². The van der Waals surface area contributed by atoms with Crippen LogP contribution in [-0.2, 0) is 4.79 Å². The molecule has 4 rings (SSSR count). The summed E-state index contributed by atoms with van der Waals surface area (Å²) in [6.45, 7) is 0. The van der Waals surface area contributed by atoms with Crippen LogP contribution in [0.15, 0.2) is 76.0 Å². The van der Waals surface area contributed by atoms with Gasteiger partial charge < -0.3 is 16.0 Å². The molecule has 0 spiro atoms. The maximum Gasteiger partial charge on any atom is 0.323 e. The summed E-state index contributed by atoms with van der Waals surface area (Å²) in [5, 5.41) is 8.39. The number of carbonyl (C=O) groups is 2. The van der Waals surface area contributed by atoms with E-state index in [2.05, 4.69) is 20.9 Å². The van der Waals surface area contributed by atoms with E-state index >= 15 is 0 Å². The van der Waals surface area contributed by atoms with Crippen molar-refractivity contribution < 1.29 is 14.0 Å². The standard InChI is InChI=1S/C23H19FN4O2S3/c1-31-18-4-2-3-16(11-18)26-22(30)27-17-9-10-19-20(12-17)33-23(28-19)32-13-21(29)25-15-7-5-14(24)6-8-15/h2-12H,13H2,1H3,(H,25,29)(H2,26,27,30). The number of benzene rings is 3. The van der Waals surface area contributed by atoms with E-state index in [9.17, 15) is 14.0 Å². The molecule has 0 aliphatic rings. The minimum absolute atomic E-state index is 0.180. The second-order valence-electron chi connectivity index (χ2n) is 6.82. The lowest BCUT2D eigenvalue weighted by Gasteiger charge is -2.08. The molecule has 0 saturated heterocycles. The molecule has 0 aliphatic carbocycles. The summed E-state index contributed by atoms with van der Waals surface area (Å²) in [5.74, 6) is -0.372. The molecule has 33 heavy (non-hydrogen) atoms. The number of thioether (sulfide) groups is 2. The van der Waals surface area contributed by atoms with Crippen LogP contribution in [0.3, 0.4) is 0 Å². The third kappa shape index (κ3) is 6.47. The lowest BCUT2D eigenvalue weighted by atomic mass is 10.3. The molecule has 10 heteroatoms. The van der Waals surface area contributed by atoms with Gasteiger partial charge in [0.25, 0.3) is 0 Å². The largest absolute Gasteiger partial charge is 0.325 e. The molecule has 0 radical (unpaired) electrons. The Kier molecular flexibility index (Phi) is 7.48. The van der Waals surface area contributed by atoms with Crippen LogP contribution in [0, 0.1) is 5.82 Å². The topological polar surface area (TPSA) is 83.1 Å². The first-order valence-corrected chi connectivity index (χ1v) is 12.8. The number of aromatic nitrogens is 1. The predicted octanol–water partition coefficient (Wildman–Crippen LogP) is 6.53. The number of carbonyl (C=O) groups excluding carboxylic acids is 2. The van der Waals surface area contributed by atoms with Crippen molar-refractivity contribution in [1.29, 1.82) is 0 Å². The van der Waals surface area contributed by atoms with Gasteiger partial charge in [-0.25, -0.2) is 14.2 Å². The van der Waals surface area contributed by atoms with Gasteiger partial charge in [-0.05, 0) is 66.9 Å². The molecule has 0 bridgehead atoms. The Bertz CT molecular complexity index is 1290. The zero-order valence-corrected chi connectivity index (χ0v) is 19.9. The van der Waals surface area contributed by atoms with E-state index in [4.69, 9.17) is 0 Å². The van der Waals surface area contributed by atoms with Crippen LogP contribution in [0.5, 0.6) is 0 Å². The van der Waals surface area contributed by atoms with Crippen molar-refractivity contribution in [3.05, 3.63) is 72.5 Å². The third-order valence-electron chi connectivity index (χ3n) is 4.41. The molecule has 3 aromatic carbocycles.